The van der Waals surface area contributed by atoms with Crippen molar-refractivity contribution in [1.29, 1.82) is 5.26 Å². The summed E-state index contributed by atoms with van der Waals surface area (Å²) in [4.78, 5) is 28.6. The largest absolute Gasteiger partial charge is 0.449 e. The van der Waals surface area contributed by atoms with Crippen molar-refractivity contribution >= 4 is 52.3 Å². The van der Waals surface area contributed by atoms with Gasteiger partial charge in [-0.1, -0.05) is 23.3 Å². The number of carbonyl (C=O) groups excluding carboxylic acids is 1. The minimum atomic E-state index is -0.509. The highest BCUT2D eigenvalue weighted by atomic mass is 35.5. The lowest BCUT2D eigenvalue weighted by Crippen LogP contribution is -2.52. The number of hydrogen-bond donors (Lipinski definition) is 3. The number of benzene rings is 1. The Bertz CT molecular complexity index is 1560. The van der Waals surface area contributed by atoms with E-state index in [9.17, 15) is 15.2 Å². The predicted molar refractivity (Wildman–Crippen MR) is 149 cm³/mol. The first-order valence-corrected chi connectivity index (χ1v) is 13.6. The second-order valence-corrected chi connectivity index (χ2v) is 10.8. The van der Waals surface area contributed by atoms with E-state index in [2.05, 4.69) is 36.6 Å². The summed E-state index contributed by atoms with van der Waals surface area (Å²) in [7, 11) is 0. The van der Waals surface area contributed by atoms with Crippen molar-refractivity contribution in [3.63, 3.8) is 0 Å². The van der Waals surface area contributed by atoms with E-state index in [1.807, 2.05) is 4.90 Å². The molecule has 0 bridgehead atoms. The summed E-state index contributed by atoms with van der Waals surface area (Å²) >= 11 is 6.85. The van der Waals surface area contributed by atoms with E-state index < -0.39 is 11.5 Å². The molecule has 0 spiro atoms. The molecule has 2 aliphatic heterocycles. The Kier molecular flexibility index (Phi) is 7.13. The zero-order valence-corrected chi connectivity index (χ0v) is 22.8. The summed E-state index contributed by atoms with van der Waals surface area (Å²) in [5.41, 5.74) is 1.39. The number of ether oxygens (including phenoxy) is 2. The van der Waals surface area contributed by atoms with Crippen LogP contribution in [0.5, 0.6) is 0 Å². The summed E-state index contributed by atoms with van der Waals surface area (Å²) in [6, 6.07) is 5.80. The third-order valence-corrected chi connectivity index (χ3v) is 7.74. The van der Waals surface area contributed by atoms with Gasteiger partial charge in [-0.2, -0.15) is 10.2 Å². The van der Waals surface area contributed by atoms with E-state index in [1.165, 1.54) is 10.7 Å². The van der Waals surface area contributed by atoms with Crippen LogP contribution in [0.2, 0.25) is 5.02 Å². The quantitative estimate of drug-likeness (QED) is 0.337. The monoisotopic (exact) mass is 578 g/mol. The number of nitrogens with zero attached hydrogens (tertiary/aromatic N) is 8. The van der Waals surface area contributed by atoms with Crippen molar-refractivity contribution in [3.8, 4) is 6.07 Å². The van der Waals surface area contributed by atoms with Gasteiger partial charge in [-0.15, -0.1) is 4.52 Å². The Hall–Kier alpha value is -4.37. The van der Waals surface area contributed by atoms with Crippen LogP contribution >= 0.6 is 11.6 Å². The summed E-state index contributed by atoms with van der Waals surface area (Å²) in [6.45, 7) is 9.93. The van der Waals surface area contributed by atoms with E-state index in [0.29, 0.717) is 78.9 Å². The van der Waals surface area contributed by atoms with Crippen LogP contribution in [0.1, 0.15) is 18.4 Å². The van der Waals surface area contributed by atoms with Crippen molar-refractivity contribution in [2.75, 3.05) is 68.1 Å². The summed E-state index contributed by atoms with van der Waals surface area (Å²) in [5, 5.41) is 30.6. The van der Waals surface area contributed by atoms with Crippen LogP contribution in [0.3, 0.4) is 0 Å². The molecule has 2 saturated heterocycles. The molecular formula is C26H27ClN10O4. The van der Waals surface area contributed by atoms with Crippen LogP contribution in [0.15, 0.2) is 18.3 Å². The van der Waals surface area contributed by atoms with Gasteiger partial charge in [0.25, 0.3) is 17.4 Å². The molecule has 3 N–H and O–H groups in total. The molecule has 0 atom stereocenters. The molecule has 1 saturated carbocycles. The maximum Gasteiger partial charge on any atom is 0.409 e. The molecule has 4 heterocycles. The van der Waals surface area contributed by atoms with Gasteiger partial charge in [0, 0.05) is 32.2 Å². The molecule has 0 unspecified atom stereocenters. The van der Waals surface area contributed by atoms with Crippen LogP contribution in [-0.4, -0.2) is 94.3 Å². The van der Waals surface area contributed by atoms with E-state index in [-0.39, 0.29) is 25.0 Å². The molecule has 1 aromatic carbocycles. The highest BCUT2D eigenvalue weighted by Crippen LogP contribution is 2.37. The molecule has 41 heavy (non-hydrogen) atoms. The number of hydrogen-bond acceptors (Lipinski definition) is 11. The molecular weight excluding hydrogens is 552 g/mol. The van der Waals surface area contributed by atoms with Crippen molar-refractivity contribution < 1.29 is 19.4 Å². The standard InChI is InChI=1S/C26H27ClN10O4/c1-29-20-11-30-23-22(31-17-2-3-17)33-24(34-37(20)23)32-18-8-16(10-28)9-19(21(18)27)35-4-6-36(7-5-35)25(39)41-15-26(12-38)13-40-14-26/h8-9,11,17,38H,2-7,12-15H2,(H2,31,32,33,34). The second-order valence-electron chi connectivity index (χ2n) is 10.4. The van der Waals surface area contributed by atoms with E-state index in [4.69, 9.17) is 27.6 Å². The van der Waals surface area contributed by atoms with Crippen molar-refractivity contribution in [1.82, 2.24) is 24.5 Å². The van der Waals surface area contributed by atoms with Crippen LogP contribution in [0.4, 0.5) is 33.8 Å². The number of amides is 1. The minimum Gasteiger partial charge on any atom is -0.449 e. The minimum absolute atomic E-state index is 0.0988. The highest BCUT2D eigenvalue weighted by molar-refractivity contribution is 6.36. The molecule has 3 aliphatic rings. The van der Waals surface area contributed by atoms with E-state index in [0.717, 1.165) is 12.8 Å². The number of fused-ring (bicyclic) bond motifs is 1. The summed E-state index contributed by atoms with van der Waals surface area (Å²) < 4.78 is 12.0. The molecule has 6 rings (SSSR count). The molecule has 3 aromatic rings. The number of aromatic nitrogens is 4. The van der Waals surface area contributed by atoms with Gasteiger partial charge in [0.05, 0.1) is 59.5 Å². The second kappa shape index (κ2) is 10.9. The molecule has 2 aromatic heterocycles. The SMILES string of the molecule is [C-]#[N+]c1cnc2c(NC3CC3)nc(Nc3cc(C#N)cc(N4CCN(C(=O)OCC5(CO)COC5)CC4)c3Cl)nn12. The van der Waals surface area contributed by atoms with Crippen LogP contribution < -0.4 is 15.5 Å². The fraction of sp³-hybridized carbons (Fsp3) is 0.462. The topological polar surface area (TPSA) is 158 Å². The first-order valence-electron chi connectivity index (χ1n) is 13.2. The highest BCUT2D eigenvalue weighted by Gasteiger charge is 2.40. The van der Waals surface area contributed by atoms with E-state index in [1.54, 1.807) is 17.0 Å². The number of aliphatic hydroxyl groups is 1. The maximum atomic E-state index is 12.6. The van der Waals surface area contributed by atoms with E-state index >= 15 is 0 Å². The fourth-order valence-corrected chi connectivity index (χ4v) is 4.95. The fourth-order valence-electron chi connectivity index (χ4n) is 4.68. The molecule has 3 fully saturated rings. The van der Waals surface area contributed by atoms with Gasteiger partial charge in [0.1, 0.15) is 6.61 Å². The third-order valence-electron chi connectivity index (χ3n) is 7.34. The van der Waals surface area contributed by atoms with Gasteiger partial charge in [-0.3, -0.25) is 0 Å². The van der Waals surface area contributed by atoms with Crippen LogP contribution in [0.25, 0.3) is 10.5 Å². The van der Waals surface area contributed by atoms with Gasteiger partial charge in [0.2, 0.25) is 0 Å². The average Bonchev–Trinajstić information content (AvgIpc) is 3.69. The Morgan fingerprint density at radius 2 is 2.10 bits per heavy atom. The zero-order valence-electron chi connectivity index (χ0n) is 22.0. The molecule has 1 amide bonds. The molecule has 1 aliphatic carbocycles. The number of nitriles is 1. The summed E-state index contributed by atoms with van der Waals surface area (Å²) in [5.74, 6) is 0.938. The predicted octanol–water partition coefficient (Wildman–Crippen LogP) is 2.79. The molecule has 0 radical (unpaired) electrons. The van der Waals surface area contributed by atoms with Crippen molar-refractivity contribution in [3.05, 3.63) is 40.3 Å². The summed E-state index contributed by atoms with van der Waals surface area (Å²) in [6.07, 6.45) is 3.06. The number of halogens is 1. The van der Waals surface area contributed by atoms with Gasteiger partial charge >= 0.3 is 6.09 Å². The van der Waals surface area contributed by atoms with Gasteiger partial charge in [0.15, 0.2) is 5.82 Å². The number of nitrogens with one attached hydrogen (secondary N) is 2. The lowest BCUT2D eigenvalue weighted by atomic mass is 9.88. The lowest BCUT2D eigenvalue weighted by Gasteiger charge is -2.40. The third kappa shape index (κ3) is 5.37. The smallest absolute Gasteiger partial charge is 0.409 e. The average molecular weight is 579 g/mol. The number of rotatable bonds is 8. The Labute approximate surface area is 240 Å². The zero-order chi connectivity index (χ0) is 28.6. The normalized spacial score (nSPS) is 17.9. The first-order chi connectivity index (χ1) is 19.9. The first kappa shape index (κ1) is 26.8. The Morgan fingerprint density at radius 1 is 1.32 bits per heavy atom. The maximum absolute atomic E-state index is 12.6. The van der Waals surface area contributed by atoms with Gasteiger partial charge in [-0.25, -0.2) is 9.78 Å². The Balaban J connectivity index is 1.19. The molecule has 14 nitrogen and oxygen atoms in total. The number of carbonyl (C=O) groups is 1. The Morgan fingerprint density at radius 3 is 2.73 bits per heavy atom. The number of imidazole rings is 1. The molecule has 212 valence electrons. The van der Waals surface area contributed by atoms with Gasteiger partial charge in [-0.05, 0) is 25.0 Å². The number of anilines is 4. The van der Waals surface area contributed by atoms with Crippen molar-refractivity contribution in [2.45, 2.75) is 18.9 Å². The van der Waals surface area contributed by atoms with Gasteiger partial charge < -0.3 is 39.9 Å². The number of piperazine rings is 1. The lowest BCUT2D eigenvalue weighted by molar-refractivity contribution is -0.159. The van der Waals surface area contributed by atoms with Crippen LogP contribution in [-0.2, 0) is 9.47 Å². The van der Waals surface area contributed by atoms with Crippen molar-refractivity contribution in [2.24, 2.45) is 5.41 Å². The molecule has 15 heteroatoms. The number of aliphatic hydroxyl groups excluding tert-OH is 1. The van der Waals surface area contributed by atoms with Crippen LogP contribution in [0, 0.1) is 23.3 Å².